The van der Waals surface area contributed by atoms with Gasteiger partial charge in [-0.1, -0.05) is 36.4 Å². The molecule has 1 amide bonds. The van der Waals surface area contributed by atoms with Crippen LogP contribution in [0.3, 0.4) is 0 Å². The molecule has 0 spiro atoms. The van der Waals surface area contributed by atoms with Crippen LogP contribution in [0, 0.1) is 0 Å². The summed E-state index contributed by atoms with van der Waals surface area (Å²) in [6.45, 7) is -0.628. The predicted octanol–water partition coefficient (Wildman–Crippen LogP) is 1.95. The summed E-state index contributed by atoms with van der Waals surface area (Å²) in [5.74, 6) is -1.27. The number of nitrogens with zero attached hydrogens (tertiary/aromatic N) is 2. The molecule has 1 saturated heterocycles. The van der Waals surface area contributed by atoms with Crippen LogP contribution in [0.5, 0.6) is 0 Å². The highest BCUT2D eigenvalue weighted by molar-refractivity contribution is 6.03. The molecule has 2 heterocycles. The molecule has 0 saturated carbocycles. The Hall–Kier alpha value is -3.89. The number of aromatic nitrogens is 2. The minimum Gasteiger partial charge on any atom is -0.453 e. The molecular weight excluding hydrogens is 433 g/mol. The van der Waals surface area contributed by atoms with E-state index in [1.54, 1.807) is 48.5 Å². The maximum atomic E-state index is 15.2. The van der Waals surface area contributed by atoms with Crippen molar-refractivity contribution in [3.05, 3.63) is 94.5 Å². The van der Waals surface area contributed by atoms with E-state index in [9.17, 15) is 19.5 Å². The van der Waals surface area contributed by atoms with E-state index in [1.165, 1.54) is 24.4 Å². The highest BCUT2D eigenvalue weighted by Gasteiger charge is 2.48. The van der Waals surface area contributed by atoms with Crippen LogP contribution in [0.15, 0.2) is 77.7 Å². The fourth-order valence-corrected chi connectivity index (χ4v) is 3.43. The van der Waals surface area contributed by atoms with Gasteiger partial charge < -0.3 is 19.9 Å². The fraction of sp³-hybridized carbons (Fsp3) is 0.217. The van der Waals surface area contributed by atoms with Crippen molar-refractivity contribution in [3.63, 3.8) is 0 Å². The first kappa shape index (κ1) is 22.3. The molecule has 1 aliphatic heterocycles. The van der Waals surface area contributed by atoms with Crippen molar-refractivity contribution < 1.29 is 28.6 Å². The standard InChI is InChI=1S/C23H20FN3O6/c24-18-19(33-22(30)15-9-5-2-6-10-15)16(13-28)32-21(18)27-12-11-17(26-23(27)31)25-20(29)14-7-3-1-4-8-14/h1-12,16,18-19,21,28H,13H2,(H,25,26,29,31)/t16-,18?,19+,21-/m1/s1. The van der Waals surface area contributed by atoms with Crippen LogP contribution >= 0.6 is 0 Å². The lowest BCUT2D eigenvalue weighted by molar-refractivity contribution is -0.0533. The Labute approximate surface area is 187 Å². The number of hydrogen-bond donors (Lipinski definition) is 2. The number of nitrogens with one attached hydrogen (secondary N) is 1. The average Bonchev–Trinajstić information content (AvgIpc) is 3.15. The topological polar surface area (TPSA) is 120 Å². The Balaban J connectivity index is 1.49. The fourth-order valence-electron chi connectivity index (χ4n) is 3.43. The molecule has 2 aromatic carbocycles. The molecule has 0 bridgehead atoms. The van der Waals surface area contributed by atoms with Gasteiger partial charge in [0, 0.05) is 11.8 Å². The van der Waals surface area contributed by atoms with Gasteiger partial charge in [-0.15, -0.1) is 0 Å². The Kier molecular flexibility index (Phi) is 6.57. The van der Waals surface area contributed by atoms with E-state index in [4.69, 9.17) is 9.47 Å². The van der Waals surface area contributed by atoms with Crippen molar-refractivity contribution in [1.82, 2.24) is 9.55 Å². The van der Waals surface area contributed by atoms with E-state index < -0.39 is 48.8 Å². The lowest BCUT2D eigenvalue weighted by Crippen LogP contribution is -2.37. The predicted molar refractivity (Wildman–Crippen MR) is 114 cm³/mol. The minimum absolute atomic E-state index is 0.0238. The number of hydrogen-bond acceptors (Lipinski definition) is 7. The maximum Gasteiger partial charge on any atom is 0.351 e. The molecule has 0 radical (unpaired) electrons. The number of anilines is 1. The SMILES string of the molecule is O=C(Nc1ccn([C@@H]2O[C@H](CO)[C@H](OC(=O)c3ccccc3)C2F)c(=O)n1)c1ccccc1. The van der Waals surface area contributed by atoms with Crippen molar-refractivity contribution in [2.24, 2.45) is 0 Å². The largest absolute Gasteiger partial charge is 0.453 e. The molecule has 1 unspecified atom stereocenters. The number of amides is 1. The first-order valence-corrected chi connectivity index (χ1v) is 10.1. The third-order valence-corrected chi connectivity index (χ3v) is 5.08. The number of aliphatic hydroxyl groups is 1. The summed E-state index contributed by atoms with van der Waals surface area (Å²) in [6.07, 6.45) is -4.82. The quantitative estimate of drug-likeness (QED) is 0.548. The number of esters is 1. The summed E-state index contributed by atoms with van der Waals surface area (Å²) in [4.78, 5) is 40.9. The highest BCUT2D eigenvalue weighted by Crippen LogP contribution is 2.33. The van der Waals surface area contributed by atoms with Gasteiger partial charge in [0.05, 0.1) is 12.2 Å². The van der Waals surface area contributed by atoms with Gasteiger partial charge in [0.1, 0.15) is 11.9 Å². The summed E-state index contributed by atoms with van der Waals surface area (Å²) >= 11 is 0. The lowest BCUT2D eigenvalue weighted by atomic mass is 10.1. The molecule has 4 atom stereocenters. The van der Waals surface area contributed by atoms with Gasteiger partial charge in [0.15, 0.2) is 18.5 Å². The highest BCUT2D eigenvalue weighted by atomic mass is 19.1. The van der Waals surface area contributed by atoms with Crippen LogP contribution in [0.1, 0.15) is 26.9 Å². The Morgan fingerprint density at radius 2 is 1.70 bits per heavy atom. The van der Waals surface area contributed by atoms with Crippen LogP contribution in [0.4, 0.5) is 10.2 Å². The number of carbonyl (C=O) groups is 2. The smallest absolute Gasteiger partial charge is 0.351 e. The molecule has 1 fully saturated rings. The molecule has 2 N–H and O–H groups in total. The summed E-state index contributed by atoms with van der Waals surface area (Å²) in [5.41, 5.74) is -0.303. The summed E-state index contributed by atoms with van der Waals surface area (Å²) in [7, 11) is 0. The summed E-state index contributed by atoms with van der Waals surface area (Å²) < 4.78 is 26.8. The van der Waals surface area contributed by atoms with Crippen LogP contribution < -0.4 is 11.0 Å². The average molecular weight is 453 g/mol. The molecule has 170 valence electrons. The molecule has 4 rings (SSSR count). The first-order chi connectivity index (χ1) is 16.0. The summed E-state index contributed by atoms with van der Waals surface area (Å²) in [6, 6.07) is 17.6. The van der Waals surface area contributed by atoms with Crippen molar-refractivity contribution in [2.75, 3.05) is 11.9 Å². The number of ether oxygens (including phenoxy) is 2. The minimum atomic E-state index is -1.95. The number of alkyl halides is 1. The number of rotatable bonds is 6. The molecule has 10 heteroatoms. The monoisotopic (exact) mass is 453 g/mol. The molecule has 1 aromatic heterocycles. The van der Waals surface area contributed by atoms with Crippen LogP contribution in [-0.2, 0) is 9.47 Å². The van der Waals surface area contributed by atoms with Gasteiger partial charge in [-0.3, -0.25) is 9.36 Å². The molecule has 0 aliphatic carbocycles. The second kappa shape index (κ2) is 9.72. The molecule has 9 nitrogen and oxygen atoms in total. The van der Waals surface area contributed by atoms with Gasteiger partial charge in [-0.05, 0) is 30.3 Å². The van der Waals surface area contributed by atoms with E-state index in [0.717, 1.165) is 4.57 Å². The number of carbonyl (C=O) groups excluding carboxylic acids is 2. The normalized spacial score (nSPS) is 22.0. The third-order valence-electron chi connectivity index (χ3n) is 5.08. The summed E-state index contributed by atoms with van der Waals surface area (Å²) in [5, 5.41) is 12.1. The molecule has 1 aliphatic rings. The van der Waals surface area contributed by atoms with Crippen LogP contribution in [0.2, 0.25) is 0 Å². The van der Waals surface area contributed by atoms with E-state index in [2.05, 4.69) is 10.3 Å². The molecular formula is C23H20FN3O6. The van der Waals surface area contributed by atoms with Crippen molar-refractivity contribution in [2.45, 2.75) is 24.6 Å². The van der Waals surface area contributed by atoms with E-state index in [1.807, 2.05) is 0 Å². The van der Waals surface area contributed by atoms with Gasteiger partial charge >= 0.3 is 11.7 Å². The van der Waals surface area contributed by atoms with E-state index in [-0.39, 0.29) is 11.4 Å². The molecule has 3 aromatic rings. The van der Waals surface area contributed by atoms with Crippen LogP contribution in [-0.4, -0.2) is 51.5 Å². The molecule has 33 heavy (non-hydrogen) atoms. The maximum absolute atomic E-state index is 15.2. The first-order valence-electron chi connectivity index (χ1n) is 10.1. The number of benzene rings is 2. The van der Waals surface area contributed by atoms with Gasteiger partial charge in [-0.25, -0.2) is 14.0 Å². The van der Waals surface area contributed by atoms with Gasteiger partial charge in [0.2, 0.25) is 0 Å². The zero-order valence-electron chi connectivity index (χ0n) is 17.2. The van der Waals surface area contributed by atoms with Crippen molar-refractivity contribution in [1.29, 1.82) is 0 Å². The zero-order chi connectivity index (χ0) is 23.4. The second-order valence-electron chi connectivity index (χ2n) is 7.25. The van der Waals surface area contributed by atoms with Gasteiger partial charge in [-0.2, -0.15) is 4.98 Å². The van der Waals surface area contributed by atoms with E-state index >= 15 is 4.39 Å². The number of aliphatic hydroxyl groups excluding tert-OH is 1. The van der Waals surface area contributed by atoms with E-state index in [0.29, 0.717) is 5.56 Å². The van der Waals surface area contributed by atoms with Crippen molar-refractivity contribution in [3.8, 4) is 0 Å². The van der Waals surface area contributed by atoms with Gasteiger partial charge in [0.25, 0.3) is 5.91 Å². The third kappa shape index (κ3) is 4.81. The second-order valence-corrected chi connectivity index (χ2v) is 7.25. The zero-order valence-corrected chi connectivity index (χ0v) is 17.2. The number of halogens is 1. The van der Waals surface area contributed by atoms with Crippen LogP contribution in [0.25, 0.3) is 0 Å². The Morgan fingerprint density at radius 1 is 1.06 bits per heavy atom. The Bertz CT molecular complexity index is 1190. The van der Waals surface area contributed by atoms with Crippen molar-refractivity contribution >= 4 is 17.7 Å². The lowest BCUT2D eigenvalue weighted by Gasteiger charge is -2.18. The Morgan fingerprint density at radius 3 is 2.30 bits per heavy atom.